The van der Waals surface area contributed by atoms with Gasteiger partial charge in [-0.1, -0.05) is 270 Å². The Hall–Kier alpha value is -3.43. The molecule has 0 amide bonds. The molecule has 9 heteroatoms. The number of hydrogen-bond donors (Lipinski definition) is 0. The molecular weight excluding hydrogens is 901 g/mol. The van der Waals surface area contributed by atoms with Crippen molar-refractivity contribution in [1.29, 1.82) is 0 Å². The van der Waals surface area contributed by atoms with Crippen molar-refractivity contribution in [3.8, 4) is 0 Å². The number of carbonyl (C=O) groups excluding carboxylic acids is 3. The Labute approximate surface area is 440 Å². The largest absolute Gasteiger partial charge is 0.508 e. The standard InChI is InChI=1S/C63H106O9/c1-5-9-13-17-19-21-23-25-27-29-31-33-35-39-43-59(69-71-61(64)57-49-45-55(46-50-57)41-37-15-11-7-3)53-67-63(66)68-54-60(44-40-36-34-32-30-28-26-24-22-20-18-14-10-6-2)70-72-62(65)58-51-47-56(48-52-58)42-38-16-12-8-4/h45-52,59-60H,5-44,53-54H2,1-4H3. The van der Waals surface area contributed by atoms with Crippen molar-refractivity contribution in [3.05, 3.63) is 70.8 Å². The van der Waals surface area contributed by atoms with Gasteiger partial charge in [0.25, 0.3) is 0 Å². The van der Waals surface area contributed by atoms with Crippen molar-refractivity contribution in [2.24, 2.45) is 0 Å². The van der Waals surface area contributed by atoms with Crippen molar-refractivity contribution >= 4 is 18.1 Å². The monoisotopic (exact) mass is 1010 g/mol. The van der Waals surface area contributed by atoms with Gasteiger partial charge in [0.15, 0.2) is 0 Å². The van der Waals surface area contributed by atoms with Crippen LogP contribution in [0.3, 0.4) is 0 Å². The molecule has 0 saturated heterocycles. The summed E-state index contributed by atoms with van der Waals surface area (Å²) in [5, 5.41) is 0. The molecule has 0 N–H and O–H groups in total. The number of rotatable bonds is 50. The molecule has 2 atom stereocenters. The Morgan fingerprint density at radius 2 is 0.583 bits per heavy atom. The van der Waals surface area contributed by atoms with Crippen LogP contribution in [-0.2, 0) is 41.9 Å². The first kappa shape index (κ1) is 64.7. The zero-order valence-corrected chi connectivity index (χ0v) is 46.6. The molecular formula is C63H106O9. The lowest BCUT2D eigenvalue weighted by Gasteiger charge is -2.18. The second-order valence-corrected chi connectivity index (χ2v) is 20.8. The molecule has 0 aliphatic carbocycles. The van der Waals surface area contributed by atoms with Crippen LogP contribution < -0.4 is 0 Å². The minimum Gasteiger partial charge on any atom is -0.431 e. The fourth-order valence-electron chi connectivity index (χ4n) is 9.26. The van der Waals surface area contributed by atoms with Crippen LogP contribution in [-0.4, -0.2) is 43.5 Å². The quantitative estimate of drug-likeness (QED) is 0.0277. The fourth-order valence-corrected chi connectivity index (χ4v) is 9.26. The number of benzene rings is 2. The molecule has 2 aromatic carbocycles. The van der Waals surface area contributed by atoms with Gasteiger partial charge >= 0.3 is 18.1 Å². The summed E-state index contributed by atoms with van der Waals surface area (Å²) >= 11 is 0. The lowest BCUT2D eigenvalue weighted by molar-refractivity contribution is -0.285. The summed E-state index contributed by atoms with van der Waals surface area (Å²) in [6.07, 6.45) is 45.3. The lowest BCUT2D eigenvalue weighted by Crippen LogP contribution is -2.27. The van der Waals surface area contributed by atoms with E-state index in [9.17, 15) is 14.4 Å². The zero-order chi connectivity index (χ0) is 51.8. The lowest BCUT2D eigenvalue weighted by atomic mass is 10.0. The van der Waals surface area contributed by atoms with Crippen molar-refractivity contribution in [3.63, 3.8) is 0 Å². The van der Waals surface area contributed by atoms with E-state index in [0.717, 1.165) is 64.2 Å². The molecule has 0 spiro atoms. The molecule has 0 aliphatic rings. The highest BCUT2D eigenvalue weighted by Gasteiger charge is 2.21. The van der Waals surface area contributed by atoms with Gasteiger partial charge in [-0.15, -0.1) is 0 Å². The van der Waals surface area contributed by atoms with E-state index < -0.39 is 30.3 Å². The first-order valence-electron chi connectivity index (χ1n) is 30.1. The average molecular weight is 1010 g/mol. The average Bonchev–Trinajstić information content (AvgIpc) is 3.40. The van der Waals surface area contributed by atoms with Crippen LogP contribution in [0, 0.1) is 0 Å². The molecule has 2 rings (SSSR count). The molecule has 0 radical (unpaired) electrons. The van der Waals surface area contributed by atoms with Gasteiger partial charge in [-0.05, 0) is 73.9 Å². The third kappa shape index (κ3) is 36.5. The molecule has 9 nitrogen and oxygen atoms in total. The number of ether oxygens (including phenoxy) is 2. The Balaban J connectivity index is 1.91. The van der Waals surface area contributed by atoms with E-state index in [-0.39, 0.29) is 13.2 Å². The van der Waals surface area contributed by atoms with Crippen LogP contribution in [0.4, 0.5) is 4.79 Å². The van der Waals surface area contributed by atoms with E-state index in [1.807, 2.05) is 24.3 Å². The summed E-state index contributed by atoms with van der Waals surface area (Å²) in [5.74, 6) is -1.17. The summed E-state index contributed by atoms with van der Waals surface area (Å²) in [6.45, 7) is 8.66. The number of aryl methyl sites for hydroxylation is 2. The van der Waals surface area contributed by atoms with Crippen LogP contribution in [0.5, 0.6) is 0 Å². The van der Waals surface area contributed by atoms with Gasteiger partial charge in [-0.3, -0.25) is 9.78 Å². The Kier molecular flexibility index (Phi) is 42.5. The van der Waals surface area contributed by atoms with Crippen molar-refractivity contribution in [1.82, 2.24) is 0 Å². The van der Waals surface area contributed by atoms with Crippen LogP contribution in [0.15, 0.2) is 48.5 Å². The highest BCUT2D eigenvalue weighted by molar-refractivity contribution is 5.89. The van der Waals surface area contributed by atoms with Gasteiger partial charge in [0.05, 0.1) is 11.1 Å². The second kappa shape index (κ2) is 47.3. The van der Waals surface area contributed by atoms with Crippen LogP contribution in [0.2, 0.25) is 0 Å². The maximum absolute atomic E-state index is 13.1. The van der Waals surface area contributed by atoms with Gasteiger partial charge in [0.1, 0.15) is 25.4 Å². The first-order chi connectivity index (χ1) is 35.4. The van der Waals surface area contributed by atoms with Crippen LogP contribution >= 0.6 is 0 Å². The molecule has 0 heterocycles. The maximum atomic E-state index is 13.1. The van der Waals surface area contributed by atoms with Crippen LogP contribution in [0.25, 0.3) is 0 Å². The highest BCUT2D eigenvalue weighted by Crippen LogP contribution is 2.19. The molecule has 72 heavy (non-hydrogen) atoms. The summed E-state index contributed by atoms with van der Waals surface area (Å²) in [5.41, 5.74) is 3.19. The Morgan fingerprint density at radius 1 is 0.333 bits per heavy atom. The molecule has 0 aliphatic heterocycles. The van der Waals surface area contributed by atoms with Gasteiger partial charge in [0.2, 0.25) is 0 Å². The van der Waals surface area contributed by atoms with E-state index in [2.05, 4.69) is 27.7 Å². The normalized spacial score (nSPS) is 12.2. The second-order valence-electron chi connectivity index (χ2n) is 20.8. The van der Waals surface area contributed by atoms with Gasteiger partial charge < -0.3 is 9.47 Å². The molecule has 0 bridgehead atoms. The number of carbonyl (C=O) groups is 3. The molecule has 0 aromatic heterocycles. The Morgan fingerprint density at radius 3 is 0.861 bits per heavy atom. The smallest absolute Gasteiger partial charge is 0.431 e. The molecule has 2 aromatic rings. The number of unbranched alkanes of at least 4 members (excludes halogenated alkanes) is 32. The summed E-state index contributed by atoms with van der Waals surface area (Å²) in [4.78, 5) is 61.3. The SMILES string of the molecule is CCCCCCCCCCCCCCCCC(COC(=O)OCC(CCCCCCCCCCCCCCCC)OOC(=O)c1ccc(CCCCCC)cc1)OOC(=O)c1ccc(CCCCCC)cc1. The van der Waals surface area contributed by atoms with Crippen molar-refractivity contribution < 1.29 is 43.4 Å². The highest BCUT2D eigenvalue weighted by atomic mass is 17.2. The van der Waals surface area contributed by atoms with Gasteiger partial charge in [-0.25, -0.2) is 14.4 Å². The topological polar surface area (TPSA) is 107 Å². The van der Waals surface area contributed by atoms with Crippen molar-refractivity contribution in [2.45, 2.75) is 297 Å². The maximum Gasteiger partial charge on any atom is 0.508 e. The first-order valence-corrected chi connectivity index (χ1v) is 30.1. The molecule has 2 unspecified atom stereocenters. The van der Waals surface area contributed by atoms with E-state index in [0.29, 0.717) is 24.0 Å². The third-order valence-electron chi connectivity index (χ3n) is 14.1. The predicted molar refractivity (Wildman–Crippen MR) is 296 cm³/mol. The summed E-state index contributed by atoms with van der Waals surface area (Å²) < 4.78 is 11.1. The van der Waals surface area contributed by atoms with Gasteiger partial charge in [0, 0.05) is 0 Å². The minimum atomic E-state index is -0.888. The third-order valence-corrected chi connectivity index (χ3v) is 14.1. The number of hydrogen-bond acceptors (Lipinski definition) is 9. The summed E-state index contributed by atoms with van der Waals surface area (Å²) in [7, 11) is 0. The molecule has 0 fully saturated rings. The van der Waals surface area contributed by atoms with Crippen molar-refractivity contribution in [2.75, 3.05) is 13.2 Å². The Bertz CT molecular complexity index is 1430. The van der Waals surface area contributed by atoms with E-state index in [1.54, 1.807) is 24.3 Å². The predicted octanol–water partition coefficient (Wildman–Crippen LogP) is 19.4. The van der Waals surface area contributed by atoms with E-state index in [1.165, 1.54) is 191 Å². The zero-order valence-electron chi connectivity index (χ0n) is 46.6. The summed E-state index contributed by atoms with van der Waals surface area (Å²) in [6, 6.07) is 15.0. The molecule has 0 saturated carbocycles. The van der Waals surface area contributed by atoms with Crippen LogP contribution in [0.1, 0.15) is 304 Å². The minimum absolute atomic E-state index is 0.144. The fraction of sp³-hybridized carbons (Fsp3) is 0.762. The van der Waals surface area contributed by atoms with Gasteiger partial charge in [-0.2, -0.15) is 9.78 Å². The molecule has 412 valence electrons. The van der Waals surface area contributed by atoms with E-state index in [4.69, 9.17) is 29.0 Å². The van der Waals surface area contributed by atoms with E-state index >= 15 is 0 Å².